The van der Waals surface area contributed by atoms with Gasteiger partial charge in [0.05, 0.1) is 5.92 Å². The topological polar surface area (TPSA) is 60.7 Å². The molecule has 0 heterocycles. The van der Waals surface area contributed by atoms with Gasteiger partial charge in [-0.3, -0.25) is 0 Å². The summed E-state index contributed by atoms with van der Waals surface area (Å²) < 4.78 is 0. The summed E-state index contributed by atoms with van der Waals surface area (Å²) in [5.74, 6) is -3.35. The molecule has 0 fully saturated rings. The molecule has 66 valence electrons. The first-order valence-electron chi connectivity index (χ1n) is 3.74. The van der Waals surface area contributed by atoms with E-state index in [0.717, 1.165) is 0 Å². The van der Waals surface area contributed by atoms with Crippen LogP contribution in [-0.4, -0.2) is 21.3 Å². The zero-order chi connectivity index (χ0) is 9.19. The summed E-state index contributed by atoms with van der Waals surface area (Å²) in [5, 5.41) is 26.6. The standard InChI is InChI=1S/C9H12O3/c1-7(9(10,11)12)8-5-3-2-4-6-8/h2-7,10-12H,1H3. The molecule has 12 heavy (non-hydrogen) atoms. The molecule has 1 aromatic carbocycles. The van der Waals surface area contributed by atoms with Crippen molar-refractivity contribution >= 4 is 0 Å². The molecule has 0 bridgehead atoms. The minimum absolute atomic E-state index is 0.685. The molecular formula is C9H12O3. The van der Waals surface area contributed by atoms with Gasteiger partial charge in [0.1, 0.15) is 0 Å². The molecule has 0 radical (unpaired) electrons. The summed E-state index contributed by atoms with van der Waals surface area (Å²) in [6.07, 6.45) is 0. The fourth-order valence-electron chi connectivity index (χ4n) is 0.965. The lowest BCUT2D eigenvalue weighted by Crippen LogP contribution is -2.33. The number of hydrogen-bond acceptors (Lipinski definition) is 3. The SMILES string of the molecule is CC(c1ccccc1)C(O)(O)O. The molecule has 0 aliphatic carbocycles. The smallest absolute Gasteiger partial charge is 0.282 e. The molecular weight excluding hydrogens is 156 g/mol. The zero-order valence-electron chi connectivity index (χ0n) is 6.81. The van der Waals surface area contributed by atoms with Crippen LogP contribution in [0.3, 0.4) is 0 Å². The highest BCUT2D eigenvalue weighted by Crippen LogP contribution is 2.23. The van der Waals surface area contributed by atoms with Crippen molar-refractivity contribution in [3.63, 3.8) is 0 Å². The Bertz CT molecular complexity index is 238. The monoisotopic (exact) mass is 168 g/mol. The van der Waals surface area contributed by atoms with E-state index in [2.05, 4.69) is 0 Å². The Hall–Kier alpha value is -0.900. The first kappa shape index (κ1) is 9.19. The van der Waals surface area contributed by atoms with Gasteiger partial charge in [-0.1, -0.05) is 37.3 Å². The maximum Gasteiger partial charge on any atom is 0.282 e. The van der Waals surface area contributed by atoms with Crippen LogP contribution in [0, 0.1) is 0 Å². The second-order valence-electron chi connectivity index (χ2n) is 2.82. The van der Waals surface area contributed by atoms with E-state index >= 15 is 0 Å². The van der Waals surface area contributed by atoms with Gasteiger partial charge in [-0.2, -0.15) is 0 Å². The van der Waals surface area contributed by atoms with E-state index in [1.807, 2.05) is 6.07 Å². The van der Waals surface area contributed by atoms with E-state index in [0.29, 0.717) is 5.56 Å². The minimum Gasteiger partial charge on any atom is -0.343 e. The normalized spacial score (nSPS) is 14.3. The third-order valence-electron chi connectivity index (χ3n) is 1.88. The fourth-order valence-corrected chi connectivity index (χ4v) is 0.965. The summed E-state index contributed by atoms with van der Waals surface area (Å²) in [7, 11) is 0. The Kier molecular flexibility index (Phi) is 2.47. The van der Waals surface area contributed by atoms with Gasteiger partial charge in [0.25, 0.3) is 5.97 Å². The Morgan fingerprint density at radius 3 is 2.00 bits per heavy atom. The second-order valence-corrected chi connectivity index (χ2v) is 2.82. The highest BCUT2D eigenvalue weighted by Gasteiger charge is 2.28. The summed E-state index contributed by atoms with van der Waals surface area (Å²) in [6.45, 7) is 1.54. The average molecular weight is 168 g/mol. The minimum atomic E-state index is -2.64. The van der Waals surface area contributed by atoms with Crippen molar-refractivity contribution in [3.05, 3.63) is 35.9 Å². The fraction of sp³-hybridized carbons (Fsp3) is 0.333. The van der Waals surface area contributed by atoms with E-state index in [4.69, 9.17) is 15.3 Å². The van der Waals surface area contributed by atoms with Gasteiger partial charge >= 0.3 is 0 Å². The van der Waals surface area contributed by atoms with Crippen LogP contribution in [0.5, 0.6) is 0 Å². The Labute approximate surface area is 70.9 Å². The first-order valence-corrected chi connectivity index (χ1v) is 3.74. The molecule has 0 aliphatic heterocycles. The van der Waals surface area contributed by atoms with E-state index in [1.165, 1.54) is 6.92 Å². The molecule has 1 aromatic rings. The van der Waals surface area contributed by atoms with Crippen molar-refractivity contribution in [1.29, 1.82) is 0 Å². The summed E-state index contributed by atoms with van der Waals surface area (Å²) in [4.78, 5) is 0. The van der Waals surface area contributed by atoms with Gasteiger partial charge in [0.2, 0.25) is 0 Å². The van der Waals surface area contributed by atoms with Crippen molar-refractivity contribution in [1.82, 2.24) is 0 Å². The molecule has 3 nitrogen and oxygen atoms in total. The van der Waals surface area contributed by atoms with Crippen LogP contribution >= 0.6 is 0 Å². The molecule has 3 N–H and O–H groups in total. The lowest BCUT2D eigenvalue weighted by atomic mass is 9.99. The third kappa shape index (κ3) is 2.04. The predicted molar refractivity (Wildman–Crippen MR) is 44.2 cm³/mol. The van der Waals surface area contributed by atoms with Crippen LogP contribution in [0.2, 0.25) is 0 Å². The molecule has 1 rings (SSSR count). The molecule has 0 aromatic heterocycles. The summed E-state index contributed by atoms with van der Waals surface area (Å²) >= 11 is 0. The van der Waals surface area contributed by atoms with Gasteiger partial charge in [0, 0.05) is 0 Å². The quantitative estimate of drug-likeness (QED) is 0.561. The van der Waals surface area contributed by atoms with Crippen LogP contribution in [0.15, 0.2) is 30.3 Å². The van der Waals surface area contributed by atoms with Gasteiger partial charge in [0.15, 0.2) is 0 Å². The highest BCUT2D eigenvalue weighted by atomic mass is 16.7. The maximum absolute atomic E-state index is 8.85. The molecule has 0 saturated carbocycles. The summed E-state index contributed by atoms with van der Waals surface area (Å²) in [5.41, 5.74) is 0.685. The Balaban J connectivity index is 2.86. The number of rotatable bonds is 2. The van der Waals surface area contributed by atoms with Gasteiger partial charge in [-0.15, -0.1) is 0 Å². The highest BCUT2D eigenvalue weighted by molar-refractivity contribution is 5.19. The van der Waals surface area contributed by atoms with Crippen molar-refractivity contribution in [2.75, 3.05) is 0 Å². The predicted octanol–water partition coefficient (Wildman–Crippen LogP) is 0.421. The lowest BCUT2D eigenvalue weighted by Gasteiger charge is -2.22. The van der Waals surface area contributed by atoms with Gasteiger partial charge in [-0.05, 0) is 5.56 Å². The Morgan fingerprint density at radius 1 is 1.08 bits per heavy atom. The number of hydrogen-bond donors (Lipinski definition) is 3. The van der Waals surface area contributed by atoms with Crippen LogP contribution in [0.4, 0.5) is 0 Å². The van der Waals surface area contributed by atoms with E-state index < -0.39 is 11.9 Å². The summed E-state index contributed by atoms with van der Waals surface area (Å²) in [6, 6.07) is 8.82. The molecule has 0 saturated heterocycles. The van der Waals surface area contributed by atoms with E-state index in [-0.39, 0.29) is 0 Å². The van der Waals surface area contributed by atoms with Gasteiger partial charge < -0.3 is 15.3 Å². The van der Waals surface area contributed by atoms with Crippen LogP contribution in [0.25, 0.3) is 0 Å². The van der Waals surface area contributed by atoms with Crippen LogP contribution < -0.4 is 0 Å². The molecule has 0 aliphatic rings. The zero-order valence-corrected chi connectivity index (χ0v) is 6.81. The molecule has 1 unspecified atom stereocenters. The van der Waals surface area contributed by atoms with Crippen molar-refractivity contribution < 1.29 is 15.3 Å². The van der Waals surface area contributed by atoms with Crippen molar-refractivity contribution in [2.45, 2.75) is 18.8 Å². The van der Waals surface area contributed by atoms with Crippen molar-refractivity contribution in [2.24, 2.45) is 0 Å². The largest absolute Gasteiger partial charge is 0.343 e. The lowest BCUT2D eigenvalue weighted by molar-refractivity contribution is -0.322. The van der Waals surface area contributed by atoms with E-state index in [1.54, 1.807) is 24.3 Å². The third-order valence-corrected chi connectivity index (χ3v) is 1.88. The number of benzene rings is 1. The second kappa shape index (κ2) is 3.23. The molecule has 3 heteroatoms. The number of aliphatic hydroxyl groups is 3. The van der Waals surface area contributed by atoms with Crippen molar-refractivity contribution in [3.8, 4) is 0 Å². The molecule has 0 spiro atoms. The molecule has 1 atom stereocenters. The van der Waals surface area contributed by atoms with E-state index in [9.17, 15) is 0 Å². The van der Waals surface area contributed by atoms with Crippen LogP contribution in [0.1, 0.15) is 18.4 Å². The first-order chi connectivity index (χ1) is 5.52. The Morgan fingerprint density at radius 2 is 1.58 bits per heavy atom. The van der Waals surface area contributed by atoms with Crippen LogP contribution in [-0.2, 0) is 0 Å². The maximum atomic E-state index is 8.85. The average Bonchev–Trinajstić information content (AvgIpc) is 2.03. The molecule has 0 amide bonds. The van der Waals surface area contributed by atoms with Gasteiger partial charge in [-0.25, -0.2) is 0 Å².